The largest absolute Gasteiger partial charge is 0.349 e. The van der Waals surface area contributed by atoms with E-state index in [1.807, 2.05) is 0 Å². The van der Waals surface area contributed by atoms with Crippen molar-refractivity contribution in [2.45, 2.75) is 95.9 Å². The number of halogens is 1. The molecule has 0 heterocycles. The zero-order valence-electron chi connectivity index (χ0n) is 13.2. The van der Waals surface area contributed by atoms with Crippen molar-refractivity contribution in [2.24, 2.45) is 0 Å². The first kappa shape index (κ1) is 17.8. The number of rotatable bonds is 12. The second-order valence-corrected chi connectivity index (χ2v) is 6.66. The van der Waals surface area contributed by atoms with Crippen molar-refractivity contribution in [2.75, 3.05) is 5.88 Å². The van der Waals surface area contributed by atoms with Gasteiger partial charge in [0.1, 0.15) is 0 Å². The minimum atomic E-state index is -0.0576. The van der Waals surface area contributed by atoms with Crippen LogP contribution in [0.3, 0.4) is 0 Å². The third kappa shape index (κ3) is 6.97. The number of hydrogen-bond acceptors (Lipinski definition) is 1. The summed E-state index contributed by atoms with van der Waals surface area (Å²) in [5.74, 6) is 0.768. The molecule has 118 valence electrons. The number of unbranched alkanes of at least 4 members (excludes halogenated alkanes) is 8. The quantitative estimate of drug-likeness (QED) is 0.390. The zero-order chi connectivity index (χ0) is 14.7. The molecule has 1 saturated carbocycles. The van der Waals surface area contributed by atoms with Gasteiger partial charge in [0.2, 0.25) is 5.91 Å². The smallest absolute Gasteiger partial charge is 0.220 e. The molecule has 0 saturated heterocycles. The van der Waals surface area contributed by atoms with Crippen LogP contribution in [0.2, 0.25) is 0 Å². The van der Waals surface area contributed by atoms with Gasteiger partial charge in [-0.3, -0.25) is 4.79 Å². The van der Waals surface area contributed by atoms with E-state index in [-0.39, 0.29) is 11.4 Å². The second kappa shape index (κ2) is 10.5. The molecular weight excluding hydrogens is 270 g/mol. The first-order valence-electron chi connectivity index (χ1n) is 8.59. The Hall–Kier alpha value is -0.240. The Morgan fingerprint density at radius 1 is 1.00 bits per heavy atom. The van der Waals surface area contributed by atoms with E-state index in [9.17, 15) is 4.79 Å². The number of carbonyl (C=O) groups is 1. The average Bonchev–Trinajstić information content (AvgIpc) is 2.41. The molecule has 1 rings (SSSR count). The molecule has 20 heavy (non-hydrogen) atoms. The Morgan fingerprint density at radius 2 is 1.55 bits per heavy atom. The summed E-state index contributed by atoms with van der Waals surface area (Å²) in [4.78, 5) is 11.8. The summed E-state index contributed by atoms with van der Waals surface area (Å²) in [6.07, 6.45) is 15.6. The molecule has 1 N–H and O–H groups in total. The van der Waals surface area contributed by atoms with E-state index in [1.54, 1.807) is 0 Å². The summed E-state index contributed by atoms with van der Waals surface area (Å²) >= 11 is 5.94. The number of hydrogen-bond donors (Lipinski definition) is 1. The van der Waals surface area contributed by atoms with Gasteiger partial charge in [-0.25, -0.2) is 0 Å². The maximum atomic E-state index is 11.8. The third-order valence-electron chi connectivity index (χ3n) is 4.48. The number of nitrogens with one attached hydrogen (secondary N) is 1. The van der Waals surface area contributed by atoms with Crippen molar-refractivity contribution < 1.29 is 4.79 Å². The van der Waals surface area contributed by atoms with E-state index in [4.69, 9.17) is 11.6 Å². The molecule has 0 bridgehead atoms. The minimum Gasteiger partial charge on any atom is -0.349 e. The molecule has 0 unspecified atom stereocenters. The van der Waals surface area contributed by atoms with Crippen LogP contribution in [0, 0.1) is 0 Å². The van der Waals surface area contributed by atoms with Crippen LogP contribution in [0.25, 0.3) is 0 Å². The number of carbonyl (C=O) groups excluding carboxylic acids is 1. The van der Waals surface area contributed by atoms with Crippen LogP contribution in [0.4, 0.5) is 0 Å². The standard InChI is InChI=1S/C17H32ClNO/c1-2-3-4-5-6-7-8-9-10-12-16(20)19-17(15-18)13-11-14-17/h2-15H2,1H3,(H,19,20). The summed E-state index contributed by atoms with van der Waals surface area (Å²) in [5, 5.41) is 3.13. The fourth-order valence-electron chi connectivity index (χ4n) is 2.85. The lowest BCUT2D eigenvalue weighted by Gasteiger charge is -2.41. The highest BCUT2D eigenvalue weighted by atomic mass is 35.5. The topological polar surface area (TPSA) is 29.1 Å². The van der Waals surface area contributed by atoms with Gasteiger partial charge in [0.05, 0.1) is 5.54 Å². The molecule has 0 radical (unpaired) electrons. The normalized spacial score (nSPS) is 16.7. The third-order valence-corrected chi connectivity index (χ3v) is 4.99. The minimum absolute atomic E-state index is 0.0576. The van der Waals surface area contributed by atoms with Gasteiger partial charge < -0.3 is 5.32 Å². The Balaban J connectivity index is 1.89. The Bertz CT molecular complexity index is 258. The molecule has 1 aliphatic rings. The first-order valence-corrected chi connectivity index (χ1v) is 9.13. The van der Waals surface area contributed by atoms with Crippen LogP contribution >= 0.6 is 11.6 Å². The molecule has 0 aromatic carbocycles. The SMILES string of the molecule is CCCCCCCCCCCC(=O)NC1(CCl)CCC1. The van der Waals surface area contributed by atoms with E-state index < -0.39 is 0 Å². The fourth-order valence-corrected chi connectivity index (χ4v) is 3.18. The lowest BCUT2D eigenvalue weighted by molar-refractivity contribution is -0.123. The van der Waals surface area contributed by atoms with E-state index in [0.717, 1.165) is 19.3 Å². The average molecular weight is 302 g/mol. The van der Waals surface area contributed by atoms with Crippen LogP contribution < -0.4 is 5.32 Å². The monoisotopic (exact) mass is 301 g/mol. The fraction of sp³-hybridized carbons (Fsp3) is 0.941. The van der Waals surface area contributed by atoms with Gasteiger partial charge in [-0.05, 0) is 25.7 Å². The van der Waals surface area contributed by atoms with E-state index >= 15 is 0 Å². The molecular formula is C17H32ClNO. The van der Waals surface area contributed by atoms with Crippen molar-refractivity contribution in [1.29, 1.82) is 0 Å². The van der Waals surface area contributed by atoms with Crippen molar-refractivity contribution in [3.63, 3.8) is 0 Å². The first-order chi connectivity index (χ1) is 9.72. The van der Waals surface area contributed by atoms with E-state index in [2.05, 4.69) is 12.2 Å². The summed E-state index contributed by atoms with van der Waals surface area (Å²) in [5.41, 5.74) is -0.0576. The summed E-state index contributed by atoms with van der Waals surface area (Å²) in [6, 6.07) is 0. The van der Waals surface area contributed by atoms with Gasteiger partial charge in [0, 0.05) is 12.3 Å². The van der Waals surface area contributed by atoms with Gasteiger partial charge in [-0.2, -0.15) is 0 Å². The van der Waals surface area contributed by atoms with Crippen LogP contribution in [0.1, 0.15) is 90.4 Å². The maximum Gasteiger partial charge on any atom is 0.220 e. The van der Waals surface area contributed by atoms with Crippen LogP contribution in [-0.4, -0.2) is 17.3 Å². The second-order valence-electron chi connectivity index (χ2n) is 6.39. The predicted octanol–water partition coefficient (Wildman–Crippen LogP) is 5.19. The van der Waals surface area contributed by atoms with Crippen LogP contribution in [0.15, 0.2) is 0 Å². The van der Waals surface area contributed by atoms with Crippen molar-refractivity contribution in [3.05, 3.63) is 0 Å². The van der Waals surface area contributed by atoms with Crippen molar-refractivity contribution in [3.8, 4) is 0 Å². The predicted molar refractivity (Wildman–Crippen MR) is 87.3 cm³/mol. The number of amides is 1. The maximum absolute atomic E-state index is 11.8. The molecule has 0 atom stereocenters. The lowest BCUT2D eigenvalue weighted by Crippen LogP contribution is -2.54. The van der Waals surface area contributed by atoms with E-state index in [1.165, 1.54) is 57.8 Å². The van der Waals surface area contributed by atoms with Gasteiger partial charge in [-0.15, -0.1) is 11.6 Å². The molecule has 1 aliphatic carbocycles. The van der Waals surface area contributed by atoms with Gasteiger partial charge >= 0.3 is 0 Å². The molecule has 1 fully saturated rings. The lowest BCUT2D eigenvalue weighted by atomic mass is 9.78. The van der Waals surface area contributed by atoms with Gasteiger partial charge in [0.15, 0.2) is 0 Å². The molecule has 2 nitrogen and oxygen atoms in total. The molecule has 0 spiro atoms. The Kier molecular flexibility index (Phi) is 9.33. The van der Waals surface area contributed by atoms with Crippen LogP contribution in [-0.2, 0) is 4.79 Å². The summed E-state index contributed by atoms with van der Waals surface area (Å²) < 4.78 is 0. The van der Waals surface area contributed by atoms with Crippen molar-refractivity contribution >= 4 is 17.5 Å². The molecule has 3 heteroatoms. The van der Waals surface area contributed by atoms with Gasteiger partial charge in [-0.1, -0.05) is 58.3 Å². The summed E-state index contributed by atoms with van der Waals surface area (Å²) in [7, 11) is 0. The molecule has 1 amide bonds. The highest BCUT2D eigenvalue weighted by molar-refractivity contribution is 6.18. The highest BCUT2D eigenvalue weighted by Crippen LogP contribution is 2.32. The Labute approximate surface area is 130 Å². The molecule has 0 aliphatic heterocycles. The summed E-state index contributed by atoms with van der Waals surface area (Å²) in [6.45, 7) is 2.25. The highest BCUT2D eigenvalue weighted by Gasteiger charge is 2.37. The van der Waals surface area contributed by atoms with Gasteiger partial charge in [0.25, 0.3) is 0 Å². The van der Waals surface area contributed by atoms with E-state index in [0.29, 0.717) is 12.3 Å². The Morgan fingerprint density at radius 3 is 2.00 bits per heavy atom. The van der Waals surface area contributed by atoms with Crippen LogP contribution in [0.5, 0.6) is 0 Å². The molecule has 0 aromatic heterocycles. The van der Waals surface area contributed by atoms with Crippen molar-refractivity contribution in [1.82, 2.24) is 5.32 Å². The zero-order valence-corrected chi connectivity index (χ0v) is 13.9. The number of alkyl halides is 1. The molecule has 0 aromatic rings.